The van der Waals surface area contributed by atoms with Gasteiger partial charge in [0.05, 0.1) is 4.21 Å². The van der Waals surface area contributed by atoms with Gasteiger partial charge in [0.2, 0.25) is 0 Å². The Morgan fingerprint density at radius 1 is 1.23 bits per heavy atom. The molecule has 2 fully saturated rings. The van der Waals surface area contributed by atoms with E-state index in [0.29, 0.717) is 19.9 Å². The van der Waals surface area contributed by atoms with Gasteiger partial charge in [-0.3, -0.25) is 19.3 Å². The Kier molecular flexibility index (Phi) is 8.66. The quantitative estimate of drug-likeness (QED) is 0.113. The first-order valence-corrected chi connectivity index (χ1v) is 17.1. The number of β-lactam (4-membered cyclic amide) rings is 1. The average molecular weight is 672 g/mol. The van der Waals surface area contributed by atoms with Gasteiger partial charge in [0, 0.05) is 27.3 Å². The number of phenols is 1. The molecule has 1 aliphatic carbocycles. The first-order valence-electron chi connectivity index (χ1n) is 13.5. The predicted octanol–water partition coefficient (Wildman–Crippen LogP) is 3.71. The van der Waals surface area contributed by atoms with Crippen molar-refractivity contribution >= 4 is 84.9 Å². The maximum absolute atomic E-state index is 13.3. The van der Waals surface area contributed by atoms with Crippen LogP contribution in [0.1, 0.15) is 31.4 Å². The molecule has 1 saturated heterocycles. The first-order chi connectivity index (χ1) is 21.2. The molecule has 2 atom stereocenters. The van der Waals surface area contributed by atoms with Crippen LogP contribution in [-0.2, 0) is 19.2 Å². The molecule has 0 bridgehead atoms. The minimum Gasteiger partial charge on any atom is -0.508 e. The molecule has 0 radical (unpaired) electrons. The lowest BCUT2D eigenvalue weighted by Crippen LogP contribution is -2.71. The zero-order valence-corrected chi connectivity index (χ0v) is 26.1. The Hall–Kier alpha value is -3.86. The van der Waals surface area contributed by atoms with Crippen molar-refractivity contribution in [2.75, 3.05) is 11.5 Å². The molecule has 1 aromatic carbocycles. The zero-order valence-electron chi connectivity index (χ0n) is 22.8. The SMILES string of the molecule is Nc1nc(C(=NOC2CCCC2)C(=O)NC2C(=O)N3C(C(=O)O)=C(C=CSc4cc(=O)c5ccc(O)cc5s4)CS[C@H]23)cs1. The number of allylic oxidation sites excluding steroid dienone is 1. The minimum atomic E-state index is -1.27. The number of thiazole rings is 1. The second-order valence-electron chi connectivity index (χ2n) is 10.1. The largest absolute Gasteiger partial charge is 0.508 e. The molecule has 0 spiro atoms. The van der Waals surface area contributed by atoms with Gasteiger partial charge in [-0.25, -0.2) is 9.78 Å². The Balaban J connectivity index is 1.17. The number of thioether (sulfide) groups is 2. The normalized spacial score (nSPS) is 20.7. The van der Waals surface area contributed by atoms with Crippen LogP contribution in [0.25, 0.3) is 10.1 Å². The van der Waals surface area contributed by atoms with E-state index in [4.69, 9.17) is 10.6 Å². The van der Waals surface area contributed by atoms with Crippen molar-refractivity contribution in [3.8, 4) is 5.75 Å². The molecule has 2 aromatic heterocycles. The third kappa shape index (κ3) is 6.06. The van der Waals surface area contributed by atoms with Crippen molar-refractivity contribution in [2.45, 2.75) is 47.4 Å². The lowest BCUT2D eigenvalue weighted by atomic mass is 10.0. The first kappa shape index (κ1) is 30.2. The number of benzene rings is 1. The fraction of sp³-hybridized carbons (Fsp3) is 0.286. The highest BCUT2D eigenvalue weighted by atomic mass is 32.2. The highest BCUT2D eigenvalue weighted by Gasteiger charge is 2.54. The topological polar surface area (TPSA) is 185 Å². The minimum absolute atomic E-state index is 0.0540. The number of fused-ring (bicyclic) bond motifs is 2. The van der Waals surface area contributed by atoms with Crippen LogP contribution in [0.3, 0.4) is 0 Å². The molecule has 4 heterocycles. The van der Waals surface area contributed by atoms with E-state index in [-0.39, 0.29) is 45.3 Å². The number of aromatic nitrogens is 1. The average Bonchev–Trinajstić information content (AvgIpc) is 3.67. The van der Waals surface area contributed by atoms with Gasteiger partial charge in [-0.15, -0.1) is 34.4 Å². The number of nitrogens with zero attached hydrogens (tertiary/aromatic N) is 3. The van der Waals surface area contributed by atoms with Crippen LogP contribution in [0, 0.1) is 0 Å². The number of carboxylic acid groups (broad SMARTS) is 1. The van der Waals surface area contributed by atoms with Gasteiger partial charge in [0.1, 0.15) is 34.7 Å². The number of oxime groups is 1. The molecule has 3 aromatic rings. The second-order valence-corrected chi connectivity index (χ2v) is 14.4. The summed E-state index contributed by atoms with van der Waals surface area (Å²) in [6.07, 6.45) is 5.20. The van der Waals surface area contributed by atoms with Gasteiger partial charge in [-0.1, -0.05) is 16.9 Å². The number of nitrogens with one attached hydrogen (secondary N) is 1. The van der Waals surface area contributed by atoms with E-state index >= 15 is 0 Å². The number of carboxylic acids is 1. The molecule has 2 aliphatic heterocycles. The highest BCUT2D eigenvalue weighted by molar-refractivity contribution is 8.04. The van der Waals surface area contributed by atoms with Gasteiger partial charge in [-0.05, 0) is 60.9 Å². The van der Waals surface area contributed by atoms with Gasteiger partial charge < -0.3 is 26.1 Å². The highest BCUT2D eigenvalue weighted by Crippen LogP contribution is 2.41. The summed E-state index contributed by atoms with van der Waals surface area (Å²) in [7, 11) is 0. The van der Waals surface area contributed by atoms with Gasteiger partial charge >= 0.3 is 5.97 Å². The van der Waals surface area contributed by atoms with E-state index < -0.39 is 29.2 Å². The van der Waals surface area contributed by atoms with Crippen LogP contribution in [0.2, 0.25) is 0 Å². The number of rotatable bonds is 9. The summed E-state index contributed by atoms with van der Waals surface area (Å²) in [5.41, 5.74) is 5.96. The van der Waals surface area contributed by atoms with Crippen LogP contribution in [0.15, 0.2) is 66.6 Å². The molecular weight excluding hydrogens is 647 g/mol. The van der Waals surface area contributed by atoms with Crippen molar-refractivity contribution in [1.29, 1.82) is 0 Å². The number of carbonyl (C=O) groups excluding carboxylic acids is 2. The molecule has 6 rings (SSSR count). The predicted molar refractivity (Wildman–Crippen MR) is 171 cm³/mol. The van der Waals surface area contributed by atoms with Gasteiger partial charge in [0.15, 0.2) is 16.3 Å². The van der Waals surface area contributed by atoms with E-state index in [1.54, 1.807) is 22.9 Å². The summed E-state index contributed by atoms with van der Waals surface area (Å²) in [6, 6.07) is 5.06. The van der Waals surface area contributed by atoms with Crippen LogP contribution in [0.5, 0.6) is 5.75 Å². The van der Waals surface area contributed by atoms with Crippen molar-refractivity contribution in [1.82, 2.24) is 15.2 Å². The van der Waals surface area contributed by atoms with Crippen LogP contribution in [0.4, 0.5) is 5.13 Å². The number of aliphatic carboxylic acids is 1. The third-order valence-corrected chi connectivity index (χ3v) is 11.2. The monoisotopic (exact) mass is 671 g/mol. The molecule has 2 amide bonds. The number of carbonyl (C=O) groups is 3. The maximum atomic E-state index is 13.3. The molecule has 228 valence electrons. The molecule has 44 heavy (non-hydrogen) atoms. The number of hydrogen-bond acceptors (Lipinski definition) is 13. The van der Waals surface area contributed by atoms with Crippen molar-refractivity contribution < 1.29 is 29.4 Å². The molecule has 3 aliphatic rings. The smallest absolute Gasteiger partial charge is 0.352 e. The number of amides is 2. The van der Waals surface area contributed by atoms with Crippen molar-refractivity contribution in [3.63, 3.8) is 0 Å². The third-order valence-electron chi connectivity index (χ3n) is 7.21. The van der Waals surface area contributed by atoms with Gasteiger partial charge in [0.25, 0.3) is 11.8 Å². The lowest BCUT2D eigenvalue weighted by molar-refractivity contribution is -0.150. The molecule has 16 heteroatoms. The fourth-order valence-corrected chi connectivity index (χ4v) is 8.94. The van der Waals surface area contributed by atoms with Crippen LogP contribution in [-0.4, -0.2) is 66.9 Å². The molecule has 1 saturated carbocycles. The van der Waals surface area contributed by atoms with E-state index in [2.05, 4.69) is 15.5 Å². The Morgan fingerprint density at radius 3 is 2.75 bits per heavy atom. The molecule has 5 N–H and O–H groups in total. The van der Waals surface area contributed by atoms with E-state index in [9.17, 15) is 29.4 Å². The van der Waals surface area contributed by atoms with Crippen LogP contribution >= 0.6 is 46.2 Å². The number of anilines is 1. The molecular formula is C28H25N5O7S4. The number of nitrogen functional groups attached to an aromatic ring is 1. The summed E-state index contributed by atoms with van der Waals surface area (Å²) in [5, 5.41) is 29.9. The van der Waals surface area contributed by atoms with Crippen LogP contribution < -0.4 is 16.5 Å². The van der Waals surface area contributed by atoms with E-state index in [0.717, 1.165) is 37.0 Å². The Morgan fingerprint density at radius 2 is 2.02 bits per heavy atom. The number of hydrogen-bond donors (Lipinski definition) is 4. The summed E-state index contributed by atoms with van der Waals surface area (Å²) >= 11 is 5.01. The summed E-state index contributed by atoms with van der Waals surface area (Å²) in [4.78, 5) is 62.2. The number of phenolic OH excluding ortho intramolecular Hbond substituents is 1. The Labute approximate surface area is 266 Å². The zero-order chi connectivity index (χ0) is 31.0. The summed E-state index contributed by atoms with van der Waals surface area (Å²) < 4.78 is 1.29. The summed E-state index contributed by atoms with van der Waals surface area (Å²) in [5.74, 6) is -2.17. The van der Waals surface area contributed by atoms with E-state index in [1.807, 2.05) is 0 Å². The fourth-order valence-electron chi connectivity index (χ4n) is 5.07. The lowest BCUT2D eigenvalue weighted by Gasteiger charge is -2.49. The Bertz CT molecular complexity index is 1810. The van der Waals surface area contributed by atoms with E-state index in [1.165, 1.54) is 58.0 Å². The standard InChI is InChI=1S/C28H25N5O7S4/c29-28-30-17(12-43-28)21(32-40-15-3-1-2-4-15)24(36)31-22-25(37)33-23(27(38)39)13(11-42-26(22)33)7-8-41-20-10-18(35)16-6-5-14(34)9-19(16)44-20/h5-10,12,15,22,26,34H,1-4,11H2,(H2,29,30)(H,31,36)(H,38,39)/t22?,26-/m1/s1. The second kappa shape index (κ2) is 12.6. The number of aromatic hydroxyl groups is 1. The van der Waals surface area contributed by atoms with Gasteiger partial charge in [-0.2, -0.15) is 0 Å². The van der Waals surface area contributed by atoms with Crippen molar-refractivity contribution in [2.24, 2.45) is 5.16 Å². The maximum Gasteiger partial charge on any atom is 0.352 e. The van der Waals surface area contributed by atoms with Crippen molar-refractivity contribution in [3.05, 3.63) is 68.3 Å². The molecule has 12 nitrogen and oxygen atoms in total. The molecule has 1 unspecified atom stereocenters. The number of nitrogens with two attached hydrogens (primary N) is 1. The summed E-state index contributed by atoms with van der Waals surface area (Å²) in [6.45, 7) is 0.